The van der Waals surface area contributed by atoms with Crippen molar-refractivity contribution in [2.24, 2.45) is 0 Å². The monoisotopic (exact) mass is 326 g/mol. The van der Waals surface area contributed by atoms with Crippen LogP contribution in [0.1, 0.15) is 36.5 Å². The molecule has 0 bridgehead atoms. The third kappa shape index (κ3) is 3.94. The number of rotatable bonds is 3. The molecule has 0 saturated carbocycles. The van der Waals surface area contributed by atoms with Crippen molar-refractivity contribution in [2.75, 3.05) is 6.54 Å². The SMILES string of the molecule is CC1CCCC(CNC(=O)c2ccc(Br)cc2O)N1. The summed E-state index contributed by atoms with van der Waals surface area (Å²) in [4.78, 5) is 12.0. The highest BCUT2D eigenvalue weighted by molar-refractivity contribution is 9.10. The molecule has 19 heavy (non-hydrogen) atoms. The Balaban J connectivity index is 1.90. The molecule has 1 aliphatic rings. The van der Waals surface area contributed by atoms with Crippen LogP contribution in [0.4, 0.5) is 0 Å². The molecule has 1 heterocycles. The highest BCUT2D eigenvalue weighted by Gasteiger charge is 2.19. The molecule has 1 fully saturated rings. The number of hydrogen-bond donors (Lipinski definition) is 3. The summed E-state index contributed by atoms with van der Waals surface area (Å²) < 4.78 is 0.754. The number of aromatic hydroxyl groups is 1. The molecule has 2 rings (SSSR count). The van der Waals surface area contributed by atoms with Crippen molar-refractivity contribution in [1.82, 2.24) is 10.6 Å². The zero-order valence-corrected chi connectivity index (χ0v) is 12.5. The molecule has 104 valence electrons. The second kappa shape index (κ2) is 6.39. The van der Waals surface area contributed by atoms with Gasteiger partial charge in [0.2, 0.25) is 0 Å². The van der Waals surface area contributed by atoms with Gasteiger partial charge in [0.25, 0.3) is 5.91 Å². The van der Waals surface area contributed by atoms with Crippen molar-refractivity contribution in [3.05, 3.63) is 28.2 Å². The van der Waals surface area contributed by atoms with Crippen molar-refractivity contribution in [3.8, 4) is 5.75 Å². The van der Waals surface area contributed by atoms with Gasteiger partial charge in [-0.25, -0.2) is 0 Å². The highest BCUT2D eigenvalue weighted by Crippen LogP contribution is 2.22. The number of phenols is 1. The summed E-state index contributed by atoms with van der Waals surface area (Å²) in [5, 5.41) is 16.1. The van der Waals surface area contributed by atoms with Crippen molar-refractivity contribution in [1.29, 1.82) is 0 Å². The van der Waals surface area contributed by atoms with Crippen LogP contribution < -0.4 is 10.6 Å². The number of halogens is 1. The van der Waals surface area contributed by atoms with Gasteiger partial charge < -0.3 is 15.7 Å². The zero-order valence-electron chi connectivity index (χ0n) is 10.9. The van der Waals surface area contributed by atoms with Crippen LogP contribution in [0.3, 0.4) is 0 Å². The fraction of sp³-hybridized carbons (Fsp3) is 0.500. The Bertz CT molecular complexity index is 465. The molecule has 5 heteroatoms. The van der Waals surface area contributed by atoms with Gasteiger partial charge in [-0.15, -0.1) is 0 Å². The Morgan fingerprint density at radius 1 is 1.53 bits per heavy atom. The Hall–Kier alpha value is -1.07. The summed E-state index contributed by atoms with van der Waals surface area (Å²) in [6.45, 7) is 2.76. The van der Waals surface area contributed by atoms with Crippen molar-refractivity contribution in [2.45, 2.75) is 38.3 Å². The molecule has 2 unspecified atom stereocenters. The van der Waals surface area contributed by atoms with E-state index >= 15 is 0 Å². The highest BCUT2D eigenvalue weighted by atomic mass is 79.9. The van der Waals surface area contributed by atoms with Gasteiger partial charge in [0.05, 0.1) is 5.56 Å². The van der Waals surface area contributed by atoms with Crippen molar-refractivity contribution in [3.63, 3.8) is 0 Å². The van der Waals surface area contributed by atoms with E-state index in [9.17, 15) is 9.90 Å². The zero-order chi connectivity index (χ0) is 13.8. The van der Waals surface area contributed by atoms with Gasteiger partial charge in [-0.3, -0.25) is 4.79 Å². The van der Waals surface area contributed by atoms with Gasteiger partial charge in [-0.2, -0.15) is 0 Å². The minimum atomic E-state index is -0.231. The maximum atomic E-state index is 12.0. The number of benzene rings is 1. The Morgan fingerprint density at radius 2 is 2.32 bits per heavy atom. The normalized spacial score (nSPS) is 23.1. The van der Waals surface area contributed by atoms with E-state index in [1.807, 2.05) is 0 Å². The summed E-state index contributed by atoms with van der Waals surface area (Å²) in [6.07, 6.45) is 3.47. The topological polar surface area (TPSA) is 61.4 Å². The molecule has 3 N–H and O–H groups in total. The number of hydrogen-bond acceptors (Lipinski definition) is 3. The quantitative estimate of drug-likeness (QED) is 0.799. The summed E-state index contributed by atoms with van der Waals surface area (Å²) >= 11 is 3.25. The van der Waals surface area contributed by atoms with E-state index in [0.717, 1.165) is 10.9 Å². The summed E-state index contributed by atoms with van der Waals surface area (Å²) in [6, 6.07) is 5.72. The lowest BCUT2D eigenvalue weighted by Crippen LogP contribution is -2.47. The fourth-order valence-electron chi connectivity index (χ4n) is 2.41. The second-order valence-electron chi connectivity index (χ2n) is 5.07. The van der Waals surface area contributed by atoms with Crippen LogP contribution in [0.2, 0.25) is 0 Å². The van der Waals surface area contributed by atoms with E-state index in [4.69, 9.17) is 0 Å². The number of carbonyl (C=O) groups is 1. The van der Waals surface area contributed by atoms with Crippen molar-refractivity contribution < 1.29 is 9.90 Å². The molecule has 4 nitrogen and oxygen atoms in total. The maximum Gasteiger partial charge on any atom is 0.255 e. The number of piperidine rings is 1. The average Bonchev–Trinajstić information content (AvgIpc) is 2.36. The molecule has 1 aromatic carbocycles. The van der Waals surface area contributed by atoms with Gasteiger partial charge in [0, 0.05) is 23.1 Å². The Labute approximate surface area is 121 Å². The minimum Gasteiger partial charge on any atom is -0.507 e. The van der Waals surface area contributed by atoms with Crippen LogP contribution in [-0.2, 0) is 0 Å². The molecule has 1 amide bonds. The first kappa shape index (κ1) is 14.3. The van der Waals surface area contributed by atoms with Gasteiger partial charge in [0.15, 0.2) is 0 Å². The minimum absolute atomic E-state index is 0.00292. The first-order valence-electron chi connectivity index (χ1n) is 6.59. The molecule has 0 aromatic heterocycles. The molecule has 1 saturated heterocycles. The van der Waals surface area contributed by atoms with E-state index in [2.05, 4.69) is 33.5 Å². The molecule has 0 aliphatic carbocycles. The van der Waals surface area contributed by atoms with Gasteiger partial charge in [0.1, 0.15) is 5.75 Å². The first-order valence-corrected chi connectivity index (χ1v) is 7.38. The summed E-state index contributed by atoms with van der Waals surface area (Å²) in [5.41, 5.74) is 0.312. The lowest BCUT2D eigenvalue weighted by atomic mass is 9.99. The third-order valence-electron chi connectivity index (χ3n) is 3.42. The van der Waals surface area contributed by atoms with Crippen molar-refractivity contribution >= 4 is 21.8 Å². The number of carbonyl (C=O) groups excluding carboxylic acids is 1. The van der Waals surface area contributed by atoms with E-state index < -0.39 is 0 Å². The van der Waals surface area contributed by atoms with Crippen LogP contribution in [-0.4, -0.2) is 29.6 Å². The Kier molecular flexibility index (Phi) is 4.82. The largest absolute Gasteiger partial charge is 0.507 e. The van der Waals surface area contributed by atoms with Crippen LogP contribution in [0.5, 0.6) is 5.75 Å². The smallest absolute Gasteiger partial charge is 0.255 e. The maximum absolute atomic E-state index is 12.0. The second-order valence-corrected chi connectivity index (χ2v) is 5.98. The van der Waals surface area contributed by atoms with Gasteiger partial charge in [-0.05, 0) is 38.0 Å². The van der Waals surface area contributed by atoms with Crippen LogP contribution in [0, 0.1) is 0 Å². The first-order chi connectivity index (χ1) is 9.06. The lowest BCUT2D eigenvalue weighted by molar-refractivity contribution is 0.0943. The van der Waals surface area contributed by atoms with Crippen LogP contribution >= 0.6 is 15.9 Å². The third-order valence-corrected chi connectivity index (χ3v) is 3.92. The average molecular weight is 327 g/mol. The number of phenolic OH excluding ortho intramolecular Hbond substituents is 1. The van der Waals surface area contributed by atoms with Crippen LogP contribution in [0.15, 0.2) is 22.7 Å². The van der Waals surface area contributed by atoms with E-state index in [0.29, 0.717) is 24.2 Å². The molecule has 0 radical (unpaired) electrons. The summed E-state index contributed by atoms with van der Waals surface area (Å²) in [5.74, 6) is -0.234. The predicted octanol–water partition coefficient (Wildman–Crippen LogP) is 2.42. The molecule has 1 aromatic rings. The number of nitrogens with one attached hydrogen (secondary N) is 2. The standard InChI is InChI=1S/C14H19BrN2O2/c1-9-3-2-4-11(17-9)8-16-14(19)12-6-5-10(15)7-13(12)18/h5-7,9,11,17-18H,2-4,8H2,1H3,(H,16,19). The van der Waals surface area contributed by atoms with E-state index in [1.54, 1.807) is 12.1 Å². The van der Waals surface area contributed by atoms with Gasteiger partial charge >= 0.3 is 0 Å². The van der Waals surface area contributed by atoms with Gasteiger partial charge in [-0.1, -0.05) is 22.4 Å². The van der Waals surface area contributed by atoms with E-state index in [-0.39, 0.29) is 11.7 Å². The predicted molar refractivity (Wildman–Crippen MR) is 78.4 cm³/mol. The van der Waals surface area contributed by atoms with Crippen LogP contribution in [0.25, 0.3) is 0 Å². The lowest BCUT2D eigenvalue weighted by Gasteiger charge is -2.28. The van der Waals surface area contributed by atoms with E-state index in [1.165, 1.54) is 18.9 Å². The number of amides is 1. The molecule has 2 atom stereocenters. The molecule has 0 spiro atoms. The molecular weight excluding hydrogens is 308 g/mol. The Morgan fingerprint density at radius 3 is 3.00 bits per heavy atom. The molecule has 1 aliphatic heterocycles. The molecular formula is C14H19BrN2O2. The summed E-state index contributed by atoms with van der Waals surface area (Å²) in [7, 11) is 0. The fourth-order valence-corrected chi connectivity index (χ4v) is 2.76.